The minimum absolute atomic E-state index is 0.0606. The molecule has 0 fully saturated rings. The second-order valence-electron chi connectivity index (χ2n) is 4.47. The van der Waals surface area contributed by atoms with Crippen LogP contribution in [0.4, 0.5) is 10.6 Å². The Balaban J connectivity index is 2.06. The molecule has 8 heteroatoms. The summed E-state index contributed by atoms with van der Waals surface area (Å²) in [6.07, 6.45) is 0.301. The Bertz CT molecular complexity index is 691. The number of anilines is 1. The molecule has 0 atom stereocenters. The zero-order valence-electron chi connectivity index (χ0n) is 12.4. The smallest absolute Gasteiger partial charge is 0.413 e. The van der Waals surface area contributed by atoms with Gasteiger partial charge in [0, 0.05) is 13.3 Å². The van der Waals surface area contributed by atoms with E-state index in [4.69, 9.17) is 14.6 Å². The Morgan fingerprint density at radius 1 is 1.22 bits per heavy atom. The third kappa shape index (κ3) is 4.75. The van der Waals surface area contributed by atoms with Crippen LogP contribution in [0.2, 0.25) is 0 Å². The number of carboxylic acid groups (broad SMARTS) is 1. The molecule has 0 unspecified atom stereocenters. The zero-order valence-corrected chi connectivity index (χ0v) is 12.4. The van der Waals surface area contributed by atoms with E-state index < -0.39 is 12.1 Å². The van der Waals surface area contributed by atoms with Gasteiger partial charge in [0.15, 0.2) is 11.6 Å². The Labute approximate surface area is 132 Å². The Morgan fingerprint density at radius 2 is 1.96 bits per heavy atom. The molecule has 1 aromatic carbocycles. The molecule has 2 aromatic rings. The number of nitrogens with zero attached hydrogens (tertiary/aromatic N) is 2. The average molecular weight is 317 g/mol. The molecule has 8 nitrogen and oxygen atoms in total. The molecule has 0 aliphatic heterocycles. The molecule has 2 N–H and O–H groups in total. The van der Waals surface area contributed by atoms with Crippen molar-refractivity contribution >= 4 is 17.9 Å². The minimum Gasteiger partial charge on any atom is -0.477 e. The number of amides is 1. The van der Waals surface area contributed by atoms with Gasteiger partial charge in [0.25, 0.3) is 0 Å². The summed E-state index contributed by atoms with van der Waals surface area (Å²) in [6, 6.07) is 9.09. The lowest BCUT2D eigenvalue weighted by molar-refractivity contribution is 0.0697. The number of rotatable bonds is 6. The molecule has 0 aliphatic rings. The third-order valence-corrected chi connectivity index (χ3v) is 2.78. The average Bonchev–Trinajstić information content (AvgIpc) is 2.54. The number of hydrogen-bond acceptors (Lipinski definition) is 6. The van der Waals surface area contributed by atoms with E-state index in [2.05, 4.69) is 15.3 Å². The Kier molecular flexibility index (Phi) is 5.59. The van der Waals surface area contributed by atoms with E-state index in [-0.39, 0.29) is 30.4 Å². The number of carbonyl (C=O) groups excluding carboxylic acids is 1. The summed E-state index contributed by atoms with van der Waals surface area (Å²) in [5.74, 6) is -1.15. The summed E-state index contributed by atoms with van der Waals surface area (Å²) in [4.78, 5) is 30.8. The fourth-order valence-electron chi connectivity index (χ4n) is 1.72. The van der Waals surface area contributed by atoms with Crippen LogP contribution in [0.5, 0.6) is 0 Å². The molecular formula is C15H15N3O5. The first-order chi connectivity index (χ1) is 11.1. The normalized spacial score (nSPS) is 10.1. The van der Waals surface area contributed by atoms with Crippen molar-refractivity contribution in [3.63, 3.8) is 0 Å². The van der Waals surface area contributed by atoms with Gasteiger partial charge in [-0.25, -0.2) is 19.6 Å². The van der Waals surface area contributed by atoms with E-state index in [1.54, 1.807) is 12.1 Å². The molecule has 0 saturated heterocycles. The van der Waals surface area contributed by atoms with Crippen LogP contribution in [-0.4, -0.2) is 34.2 Å². The van der Waals surface area contributed by atoms with Gasteiger partial charge in [0.05, 0.1) is 0 Å². The first kappa shape index (κ1) is 16.4. The second-order valence-corrected chi connectivity index (χ2v) is 4.47. The quantitative estimate of drug-likeness (QED) is 0.839. The fourth-order valence-corrected chi connectivity index (χ4v) is 1.72. The van der Waals surface area contributed by atoms with Crippen molar-refractivity contribution in [2.24, 2.45) is 0 Å². The SMILES string of the molecule is COCc1ncc(C(=O)O)c(NC(=O)OCc2ccccc2)n1. The predicted molar refractivity (Wildman–Crippen MR) is 80.0 cm³/mol. The summed E-state index contributed by atoms with van der Waals surface area (Å²) in [6.45, 7) is 0.152. The molecule has 0 spiro atoms. The van der Waals surface area contributed by atoms with Gasteiger partial charge in [-0.2, -0.15) is 0 Å². The molecular weight excluding hydrogens is 302 g/mol. The van der Waals surface area contributed by atoms with E-state index in [1.165, 1.54) is 7.11 Å². The fraction of sp³-hybridized carbons (Fsp3) is 0.200. The van der Waals surface area contributed by atoms with Crippen LogP contribution in [0.25, 0.3) is 0 Å². The number of hydrogen-bond donors (Lipinski definition) is 2. The van der Waals surface area contributed by atoms with Crippen molar-refractivity contribution in [1.29, 1.82) is 0 Å². The van der Waals surface area contributed by atoms with Crippen molar-refractivity contribution in [3.8, 4) is 0 Å². The largest absolute Gasteiger partial charge is 0.477 e. The lowest BCUT2D eigenvalue weighted by Gasteiger charge is -2.09. The van der Waals surface area contributed by atoms with E-state index >= 15 is 0 Å². The molecule has 0 saturated carbocycles. The maximum Gasteiger partial charge on any atom is 0.413 e. The van der Waals surface area contributed by atoms with Crippen molar-refractivity contribution in [3.05, 3.63) is 53.5 Å². The first-order valence-electron chi connectivity index (χ1n) is 6.66. The number of methoxy groups -OCH3 is 1. The van der Waals surface area contributed by atoms with E-state index in [9.17, 15) is 9.59 Å². The first-order valence-corrected chi connectivity index (χ1v) is 6.66. The maximum atomic E-state index is 11.8. The molecule has 0 bridgehead atoms. The van der Waals surface area contributed by atoms with Crippen LogP contribution in [0.15, 0.2) is 36.5 Å². The molecule has 0 aliphatic carbocycles. The van der Waals surface area contributed by atoms with Gasteiger partial charge < -0.3 is 14.6 Å². The van der Waals surface area contributed by atoms with E-state index in [0.717, 1.165) is 11.8 Å². The summed E-state index contributed by atoms with van der Waals surface area (Å²) in [5.41, 5.74) is 0.574. The zero-order chi connectivity index (χ0) is 16.7. The van der Waals surface area contributed by atoms with E-state index in [1.807, 2.05) is 18.2 Å². The van der Waals surface area contributed by atoms with Crippen LogP contribution < -0.4 is 5.32 Å². The van der Waals surface area contributed by atoms with Crippen LogP contribution in [0.3, 0.4) is 0 Å². The Hall–Kier alpha value is -3.00. The summed E-state index contributed by atoms with van der Waals surface area (Å²) in [7, 11) is 1.45. The van der Waals surface area contributed by atoms with Crippen molar-refractivity contribution in [2.75, 3.05) is 12.4 Å². The second kappa shape index (κ2) is 7.85. The number of aromatic carboxylic acids is 1. The standard InChI is InChI=1S/C15H15N3O5/c1-22-9-12-16-7-11(14(19)20)13(17-12)18-15(21)23-8-10-5-3-2-4-6-10/h2-7H,8-9H2,1H3,(H,19,20)(H,16,17,18,21). The monoisotopic (exact) mass is 317 g/mol. The minimum atomic E-state index is -1.26. The highest BCUT2D eigenvalue weighted by Gasteiger charge is 2.16. The Morgan fingerprint density at radius 3 is 2.61 bits per heavy atom. The van der Waals surface area contributed by atoms with Gasteiger partial charge in [0.1, 0.15) is 18.8 Å². The summed E-state index contributed by atoms with van der Waals surface area (Å²) in [5, 5.41) is 11.4. The van der Waals surface area contributed by atoms with Crippen LogP contribution in [-0.2, 0) is 22.7 Å². The van der Waals surface area contributed by atoms with Crippen molar-refractivity contribution in [1.82, 2.24) is 9.97 Å². The highest BCUT2D eigenvalue weighted by atomic mass is 16.5. The van der Waals surface area contributed by atoms with Gasteiger partial charge in [-0.15, -0.1) is 0 Å². The van der Waals surface area contributed by atoms with Crippen LogP contribution in [0.1, 0.15) is 21.7 Å². The molecule has 23 heavy (non-hydrogen) atoms. The molecule has 2 rings (SSSR count). The molecule has 1 amide bonds. The number of benzene rings is 1. The summed E-state index contributed by atoms with van der Waals surface area (Å²) >= 11 is 0. The number of ether oxygens (including phenoxy) is 2. The van der Waals surface area contributed by atoms with Gasteiger partial charge >= 0.3 is 12.1 Å². The van der Waals surface area contributed by atoms with Gasteiger partial charge in [-0.1, -0.05) is 30.3 Å². The van der Waals surface area contributed by atoms with Gasteiger partial charge in [-0.3, -0.25) is 5.32 Å². The van der Waals surface area contributed by atoms with Crippen molar-refractivity contribution in [2.45, 2.75) is 13.2 Å². The topological polar surface area (TPSA) is 111 Å². The molecule has 120 valence electrons. The maximum absolute atomic E-state index is 11.8. The predicted octanol–water partition coefficient (Wildman–Crippen LogP) is 2.07. The molecule has 1 aromatic heterocycles. The highest BCUT2D eigenvalue weighted by Crippen LogP contribution is 2.13. The lowest BCUT2D eigenvalue weighted by atomic mass is 10.2. The number of nitrogens with one attached hydrogen (secondary N) is 1. The van der Waals surface area contributed by atoms with Crippen LogP contribution in [0, 0.1) is 0 Å². The number of aromatic nitrogens is 2. The van der Waals surface area contributed by atoms with E-state index in [0.29, 0.717) is 0 Å². The number of carboxylic acids is 1. The van der Waals surface area contributed by atoms with Gasteiger partial charge in [-0.05, 0) is 5.56 Å². The highest BCUT2D eigenvalue weighted by molar-refractivity contribution is 5.97. The third-order valence-electron chi connectivity index (χ3n) is 2.78. The lowest BCUT2D eigenvalue weighted by Crippen LogP contribution is -2.18. The number of carbonyl (C=O) groups is 2. The molecule has 0 radical (unpaired) electrons. The van der Waals surface area contributed by atoms with Gasteiger partial charge in [0.2, 0.25) is 0 Å². The molecule has 1 heterocycles. The van der Waals surface area contributed by atoms with Crippen LogP contribution >= 0.6 is 0 Å². The van der Waals surface area contributed by atoms with Crippen molar-refractivity contribution < 1.29 is 24.2 Å². The summed E-state index contributed by atoms with van der Waals surface area (Å²) < 4.78 is 9.91.